The van der Waals surface area contributed by atoms with Gasteiger partial charge < -0.3 is 5.73 Å². The van der Waals surface area contributed by atoms with Crippen LogP contribution >= 0.6 is 22.6 Å². The van der Waals surface area contributed by atoms with Crippen LogP contribution in [-0.4, -0.2) is 19.6 Å². The lowest BCUT2D eigenvalue weighted by molar-refractivity contribution is 1.08. The molecule has 2 N–H and O–H groups in total. The largest absolute Gasteiger partial charge is 0.369 e. The van der Waals surface area contributed by atoms with E-state index in [1.54, 1.807) is 16.9 Å². The van der Waals surface area contributed by atoms with E-state index in [1.165, 1.54) is 0 Å². The molecule has 0 saturated carbocycles. The molecule has 5 nitrogen and oxygen atoms in total. The van der Waals surface area contributed by atoms with E-state index in [2.05, 4.69) is 37.8 Å². The fraction of sp³-hybridized carbons (Fsp3) is 0. The Morgan fingerprint density at radius 2 is 2.36 bits per heavy atom. The Balaban J connectivity index is 2.96. The minimum atomic E-state index is 0.408. The first kappa shape index (κ1) is 6.77. The average molecular weight is 261 g/mol. The minimum absolute atomic E-state index is 0.408. The molecule has 0 radical (unpaired) electrons. The second-order valence-corrected chi connectivity index (χ2v) is 3.15. The van der Waals surface area contributed by atoms with E-state index in [-0.39, 0.29) is 0 Å². The molecule has 11 heavy (non-hydrogen) atoms. The van der Waals surface area contributed by atoms with Crippen LogP contribution in [0, 0.1) is 3.57 Å². The maximum absolute atomic E-state index is 5.54. The number of nitrogens with two attached hydrogens (primary N) is 1. The first-order valence-corrected chi connectivity index (χ1v) is 3.96. The van der Waals surface area contributed by atoms with Crippen molar-refractivity contribution in [3.8, 4) is 0 Å². The average Bonchev–Trinajstić information content (AvgIpc) is 2.45. The van der Waals surface area contributed by atoms with Crippen LogP contribution in [0.15, 0.2) is 12.5 Å². The maximum Gasteiger partial charge on any atom is 0.207 e. The van der Waals surface area contributed by atoms with Crippen LogP contribution < -0.4 is 5.73 Å². The van der Waals surface area contributed by atoms with Gasteiger partial charge in [0, 0.05) is 6.20 Å². The zero-order valence-corrected chi connectivity index (χ0v) is 7.56. The van der Waals surface area contributed by atoms with Crippen molar-refractivity contribution >= 4 is 34.2 Å². The highest BCUT2D eigenvalue weighted by molar-refractivity contribution is 14.1. The first-order valence-electron chi connectivity index (χ1n) is 2.89. The summed E-state index contributed by atoms with van der Waals surface area (Å²) in [6.07, 6.45) is 3.21. The van der Waals surface area contributed by atoms with Gasteiger partial charge in [-0.2, -0.15) is 0 Å². The van der Waals surface area contributed by atoms with Gasteiger partial charge in [-0.3, -0.25) is 4.40 Å². The van der Waals surface area contributed by atoms with Crippen LogP contribution in [0.25, 0.3) is 5.65 Å². The topological polar surface area (TPSA) is 69.1 Å². The second-order valence-electron chi connectivity index (χ2n) is 1.99. The van der Waals surface area contributed by atoms with Crippen molar-refractivity contribution in [2.75, 3.05) is 5.73 Å². The molecule has 6 heteroatoms. The summed E-state index contributed by atoms with van der Waals surface area (Å²) in [4.78, 5) is 3.93. The number of anilines is 1. The highest BCUT2D eigenvalue weighted by Crippen LogP contribution is 2.11. The molecule has 2 rings (SSSR count). The van der Waals surface area contributed by atoms with Crippen molar-refractivity contribution in [1.82, 2.24) is 19.6 Å². The van der Waals surface area contributed by atoms with E-state index >= 15 is 0 Å². The predicted octanol–water partition coefficient (Wildman–Crippen LogP) is 0.311. The summed E-state index contributed by atoms with van der Waals surface area (Å²) in [6, 6.07) is 0. The summed E-state index contributed by atoms with van der Waals surface area (Å²) in [5, 5.41) is 7.58. The quantitative estimate of drug-likeness (QED) is 0.693. The zero-order valence-electron chi connectivity index (χ0n) is 5.40. The number of fused-ring (bicyclic) bond motifs is 1. The fourth-order valence-electron chi connectivity index (χ4n) is 0.808. The number of nitrogens with zero attached hydrogens (tertiary/aromatic N) is 4. The molecular weight excluding hydrogens is 257 g/mol. The van der Waals surface area contributed by atoms with Crippen molar-refractivity contribution in [2.24, 2.45) is 0 Å². The van der Waals surface area contributed by atoms with Gasteiger partial charge in [0.25, 0.3) is 0 Å². The Kier molecular flexibility index (Phi) is 1.41. The number of aromatic nitrogens is 4. The van der Waals surface area contributed by atoms with Crippen molar-refractivity contribution in [3.05, 3.63) is 16.1 Å². The Morgan fingerprint density at radius 3 is 3.09 bits per heavy atom. The molecule has 0 saturated heterocycles. The van der Waals surface area contributed by atoms with E-state index in [0.717, 1.165) is 9.22 Å². The van der Waals surface area contributed by atoms with Crippen LogP contribution in [0.4, 0.5) is 5.95 Å². The number of rotatable bonds is 0. The summed E-state index contributed by atoms with van der Waals surface area (Å²) < 4.78 is 2.58. The van der Waals surface area contributed by atoms with Crippen molar-refractivity contribution in [1.29, 1.82) is 0 Å². The van der Waals surface area contributed by atoms with Gasteiger partial charge in [0.05, 0.1) is 3.57 Å². The minimum Gasteiger partial charge on any atom is -0.369 e. The maximum atomic E-state index is 5.54. The molecule has 2 aromatic rings. The monoisotopic (exact) mass is 261 g/mol. The predicted molar refractivity (Wildman–Crippen MR) is 47.9 cm³/mol. The summed E-state index contributed by atoms with van der Waals surface area (Å²) in [7, 11) is 0. The van der Waals surface area contributed by atoms with Gasteiger partial charge in [0.15, 0.2) is 5.65 Å². The third kappa shape index (κ3) is 0.934. The van der Waals surface area contributed by atoms with Crippen molar-refractivity contribution in [3.63, 3.8) is 0 Å². The van der Waals surface area contributed by atoms with Crippen LogP contribution in [0.1, 0.15) is 0 Å². The van der Waals surface area contributed by atoms with Crippen LogP contribution in [-0.2, 0) is 0 Å². The molecule has 0 bridgehead atoms. The van der Waals surface area contributed by atoms with Gasteiger partial charge in [0.2, 0.25) is 5.95 Å². The molecule has 0 unspecified atom stereocenters. The smallest absolute Gasteiger partial charge is 0.207 e. The van der Waals surface area contributed by atoms with E-state index < -0.39 is 0 Å². The lowest BCUT2D eigenvalue weighted by Crippen LogP contribution is -2.00. The summed E-state index contributed by atoms with van der Waals surface area (Å²) in [6.45, 7) is 0. The Bertz CT molecular complexity index is 359. The van der Waals surface area contributed by atoms with Crippen LogP contribution in [0.3, 0.4) is 0 Å². The molecule has 0 fully saturated rings. The number of hydrogen-bond donors (Lipinski definition) is 1. The Hall–Kier alpha value is -0.920. The SMILES string of the molecule is Nc1ncc(I)c2nncn12. The van der Waals surface area contributed by atoms with E-state index in [9.17, 15) is 0 Å². The molecule has 2 heterocycles. The van der Waals surface area contributed by atoms with E-state index in [4.69, 9.17) is 5.73 Å². The van der Waals surface area contributed by atoms with E-state index in [1.807, 2.05) is 0 Å². The van der Waals surface area contributed by atoms with Crippen molar-refractivity contribution in [2.45, 2.75) is 0 Å². The third-order valence-corrected chi connectivity index (χ3v) is 2.08. The van der Waals surface area contributed by atoms with E-state index in [0.29, 0.717) is 5.95 Å². The first-order chi connectivity index (χ1) is 5.29. The molecule has 0 spiro atoms. The number of nitrogen functional groups attached to an aromatic ring is 1. The third-order valence-electron chi connectivity index (χ3n) is 1.32. The summed E-state index contributed by atoms with van der Waals surface area (Å²) in [5.74, 6) is 0.408. The van der Waals surface area contributed by atoms with Gasteiger partial charge in [0.1, 0.15) is 6.33 Å². The fourth-order valence-corrected chi connectivity index (χ4v) is 1.32. The molecular formula is C5H4IN5. The standard InChI is InChI=1S/C5H4IN5/c6-3-1-8-5(7)11-2-9-10-4(3)11/h1-2H,(H2,7,8). The molecule has 56 valence electrons. The summed E-state index contributed by atoms with van der Waals surface area (Å²) in [5.41, 5.74) is 6.29. The molecule has 0 aliphatic heterocycles. The summed E-state index contributed by atoms with van der Waals surface area (Å²) >= 11 is 2.13. The van der Waals surface area contributed by atoms with Crippen molar-refractivity contribution < 1.29 is 0 Å². The van der Waals surface area contributed by atoms with Gasteiger partial charge in [-0.1, -0.05) is 0 Å². The molecule has 0 aromatic carbocycles. The normalized spacial score (nSPS) is 10.6. The highest BCUT2D eigenvalue weighted by atomic mass is 127. The van der Waals surface area contributed by atoms with Crippen LogP contribution in [0.5, 0.6) is 0 Å². The lowest BCUT2D eigenvalue weighted by atomic mass is 10.6. The number of hydrogen-bond acceptors (Lipinski definition) is 4. The molecule has 0 atom stereocenters. The van der Waals surface area contributed by atoms with Gasteiger partial charge in [-0.05, 0) is 22.6 Å². The zero-order chi connectivity index (χ0) is 7.84. The van der Waals surface area contributed by atoms with Gasteiger partial charge >= 0.3 is 0 Å². The number of halogens is 1. The highest BCUT2D eigenvalue weighted by Gasteiger charge is 2.02. The second kappa shape index (κ2) is 2.29. The Labute approximate surface area is 75.8 Å². The molecule has 0 amide bonds. The van der Waals surface area contributed by atoms with Gasteiger partial charge in [-0.15, -0.1) is 10.2 Å². The van der Waals surface area contributed by atoms with Gasteiger partial charge in [-0.25, -0.2) is 4.98 Å². The molecule has 0 aliphatic rings. The molecule has 2 aromatic heterocycles. The Morgan fingerprint density at radius 1 is 1.55 bits per heavy atom. The lowest BCUT2D eigenvalue weighted by Gasteiger charge is -1.96. The van der Waals surface area contributed by atoms with Crippen LogP contribution in [0.2, 0.25) is 0 Å². The molecule has 0 aliphatic carbocycles.